The molecule has 142 valence electrons. The van der Waals surface area contributed by atoms with Gasteiger partial charge in [-0.1, -0.05) is 6.92 Å². The standard InChI is InChI=1S/C17H29N5O2.HI/c1-4-24-16(23)15-7-5-9-21(13-15)17(18-3)19-11-14(2)12-22-10-6-8-20-22;/h6,8,10,14-15H,4-5,7,9,11-13H2,1-3H3,(H,18,19);1H. The molecule has 0 radical (unpaired) electrons. The highest BCUT2D eigenvalue weighted by Crippen LogP contribution is 2.18. The summed E-state index contributed by atoms with van der Waals surface area (Å²) in [5.41, 5.74) is 0. The first-order valence-corrected chi connectivity index (χ1v) is 8.73. The lowest BCUT2D eigenvalue weighted by Crippen LogP contribution is -2.49. The average Bonchev–Trinajstić information content (AvgIpc) is 3.09. The van der Waals surface area contributed by atoms with Crippen molar-refractivity contribution in [3.8, 4) is 0 Å². The summed E-state index contributed by atoms with van der Waals surface area (Å²) in [6.45, 7) is 7.73. The summed E-state index contributed by atoms with van der Waals surface area (Å²) in [7, 11) is 1.79. The summed E-state index contributed by atoms with van der Waals surface area (Å²) in [6, 6.07) is 1.93. The summed E-state index contributed by atoms with van der Waals surface area (Å²) in [4.78, 5) is 18.5. The second-order valence-electron chi connectivity index (χ2n) is 6.30. The smallest absolute Gasteiger partial charge is 0.310 e. The lowest BCUT2D eigenvalue weighted by Gasteiger charge is -2.34. The summed E-state index contributed by atoms with van der Waals surface area (Å²) in [5, 5.41) is 7.66. The molecule has 1 aliphatic heterocycles. The van der Waals surface area contributed by atoms with Crippen LogP contribution in [0, 0.1) is 11.8 Å². The summed E-state index contributed by atoms with van der Waals surface area (Å²) >= 11 is 0. The highest BCUT2D eigenvalue weighted by molar-refractivity contribution is 14.0. The first-order chi connectivity index (χ1) is 11.6. The largest absolute Gasteiger partial charge is 0.466 e. The number of likely N-dealkylation sites (tertiary alicyclic amines) is 1. The van der Waals surface area contributed by atoms with Gasteiger partial charge in [-0.3, -0.25) is 14.5 Å². The van der Waals surface area contributed by atoms with Crippen LogP contribution in [0.3, 0.4) is 0 Å². The first kappa shape index (κ1) is 21.7. The average molecular weight is 463 g/mol. The molecule has 0 aromatic carbocycles. The Morgan fingerprint density at radius 2 is 2.32 bits per heavy atom. The lowest BCUT2D eigenvalue weighted by atomic mass is 9.98. The SMILES string of the molecule is CCOC(=O)C1CCCN(C(=NC)NCC(C)Cn2cccn2)C1.I. The number of halogens is 1. The molecule has 1 saturated heterocycles. The molecule has 0 saturated carbocycles. The van der Waals surface area contributed by atoms with Crippen molar-refractivity contribution < 1.29 is 9.53 Å². The zero-order valence-corrected chi connectivity index (χ0v) is 17.7. The molecule has 1 N–H and O–H groups in total. The van der Waals surface area contributed by atoms with Crippen molar-refractivity contribution in [2.24, 2.45) is 16.8 Å². The van der Waals surface area contributed by atoms with Gasteiger partial charge in [0.2, 0.25) is 0 Å². The molecular weight excluding hydrogens is 433 g/mol. The van der Waals surface area contributed by atoms with Crippen LogP contribution >= 0.6 is 24.0 Å². The van der Waals surface area contributed by atoms with Gasteiger partial charge in [-0.2, -0.15) is 5.10 Å². The Hall–Kier alpha value is -1.32. The summed E-state index contributed by atoms with van der Waals surface area (Å²) in [6.07, 6.45) is 5.64. The van der Waals surface area contributed by atoms with Gasteiger partial charge in [-0.15, -0.1) is 24.0 Å². The topological polar surface area (TPSA) is 71.8 Å². The summed E-state index contributed by atoms with van der Waals surface area (Å²) in [5.74, 6) is 1.13. The van der Waals surface area contributed by atoms with E-state index in [0.29, 0.717) is 19.1 Å². The third-order valence-corrected chi connectivity index (χ3v) is 4.22. The van der Waals surface area contributed by atoms with Crippen LogP contribution in [0.2, 0.25) is 0 Å². The van der Waals surface area contributed by atoms with Crippen molar-refractivity contribution >= 4 is 35.9 Å². The molecule has 2 rings (SSSR count). The van der Waals surface area contributed by atoms with Crippen LogP contribution in [0.15, 0.2) is 23.5 Å². The molecule has 2 atom stereocenters. The molecule has 1 aliphatic rings. The van der Waals surface area contributed by atoms with Crippen LogP contribution in [0.5, 0.6) is 0 Å². The van der Waals surface area contributed by atoms with Crippen molar-refractivity contribution in [3.63, 3.8) is 0 Å². The molecule has 1 aromatic rings. The van der Waals surface area contributed by atoms with E-state index in [0.717, 1.165) is 38.4 Å². The number of carbonyl (C=O) groups excluding carboxylic acids is 1. The van der Waals surface area contributed by atoms with E-state index in [1.54, 1.807) is 13.2 Å². The van der Waals surface area contributed by atoms with E-state index in [1.807, 2.05) is 23.9 Å². The second-order valence-corrected chi connectivity index (χ2v) is 6.30. The summed E-state index contributed by atoms with van der Waals surface area (Å²) < 4.78 is 7.10. The van der Waals surface area contributed by atoms with Gasteiger partial charge in [0.1, 0.15) is 0 Å². The van der Waals surface area contributed by atoms with Gasteiger partial charge < -0.3 is 15.0 Å². The molecule has 0 aliphatic carbocycles. The van der Waals surface area contributed by atoms with E-state index in [2.05, 4.69) is 27.2 Å². The van der Waals surface area contributed by atoms with Crippen molar-refractivity contribution in [3.05, 3.63) is 18.5 Å². The quantitative estimate of drug-likeness (QED) is 0.303. The minimum absolute atomic E-state index is 0. The van der Waals surface area contributed by atoms with Crippen LogP contribution in [0.4, 0.5) is 0 Å². The molecule has 25 heavy (non-hydrogen) atoms. The fraction of sp³-hybridized carbons (Fsp3) is 0.706. The Morgan fingerprint density at radius 1 is 1.52 bits per heavy atom. The Kier molecular flexibility index (Phi) is 9.84. The number of hydrogen-bond acceptors (Lipinski definition) is 4. The van der Waals surface area contributed by atoms with E-state index in [-0.39, 0.29) is 35.9 Å². The fourth-order valence-corrected chi connectivity index (χ4v) is 3.01. The predicted molar refractivity (Wildman–Crippen MR) is 109 cm³/mol. The Bertz CT molecular complexity index is 535. The van der Waals surface area contributed by atoms with Crippen LogP contribution in [0.25, 0.3) is 0 Å². The van der Waals surface area contributed by atoms with Gasteiger partial charge in [0, 0.05) is 45.6 Å². The van der Waals surface area contributed by atoms with Gasteiger partial charge in [0.15, 0.2) is 5.96 Å². The van der Waals surface area contributed by atoms with Crippen molar-refractivity contribution in [1.29, 1.82) is 0 Å². The predicted octanol–water partition coefficient (Wildman–Crippen LogP) is 1.99. The van der Waals surface area contributed by atoms with Crippen LogP contribution in [-0.2, 0) is 16.1 Å². The zero-order chi connectivity index (χ0) is 17.4. The number of piperidine rings is 1. The van der Waals surface area contributed by atoms with E-state index >= 15 is 0 Å². The number of aliphatic imine (C=N–C) groups is 1. The van der Waals surface area contributed by atoms with Crippen molar-refractivity contribution in [1.82, 2.24) is 20.0 Å². The number of esters is 1. The Balaban J connectivity index is 0.00000312. The number of carbonyl (C=O) groups is 1. The maximum atomic E-state index is 12.0. The van der Waals surface area contributed by atoms with Gasteiger partial charge in [-0.25, -0.2) is 0 Å². The van der Waals surface area contributed by atoms with E-state index < -0.39 is 0 Å². The third-order valence-electron chi connectivity index (χ3n) is 4.22. The normalized spacial score (nSPS) is 19.1. The number of nitrogens with zero attached hydrogens (tertiary/aromatic N) is 4. The minimum Gasteiger partial charge on any atom is -0.466 e. The maximum absolute atomic E-state index is 12.0. The van der Waals surface area contributed by atoms with Gasteiger partial charge >= 0.3 is 5.97 Å². The van der Waals surface area contributed by atoms with Gasteiger partial charge in [-0.05, 0) is 31.7 Å². The molecule has 1 aromatic heterocycles. The van der Waals surface area contributed by atoms with Crippen molar-refractivity contribution in [2.45, 2.75) is 33.2 Å². The maximum Gasteiger partial charge on any atom is 0.310 e. The highest BCUT2D eigenvalue weighted by Gasteiger charge is 2.28. The van der Waals surface area contributed by atoms with Gasteiger partial charge in [0.05, 0.1) is 12.5 Å². The monoisotopic (exact) mass is 463 g/mol. The van der Waals surface area contributed by atoms with E-state index in [4.69, 9.17) is 4.74 Å². The highest BCUT2D eigenvalue weighted by atomic mass is 127. The number of hydrogen-bond donors (Lipinski definition) is 1. The van der Waals surface area contributed by atoms with Crippen LogP contribution in [0.1, 0.15) is 26.7 Å². The van der Waals surface area contributed by atoms with E-state index in [1.165, 1.54) is 0 Å². The molecule has 0 amide bonds. The number of nitrogens with one attached hydrogen (secondary N) is 1. The zero-order valence-electron chi connectivity index (χ0n) is 15.4. The van der Waals surface area contributed by atoms with Crippen LogP contribution in [-0.4, -0.2) is 59.9 Å². The number of rotatable bonds is 6. The minimum atomic E-state index is -0.0929. The molecule has 0 spiro atoms. The molecule has 2 heterocycles. The third kappa shape index (κ3) is 6.83. The molecule has 8 heteroatoms. The molecule has 1 fully saturated rings. The van der Waals surface area contributed by atoms with E-state index in [9.17, 15) is 4.79 Å². The number of ether oxygens (including phenoxy) is 1. The molecule has 7 nitrogen and oxygen atoms in total. The molecule has 0 bridgehead atoms. The second kappa shape index (κ2) is 11.3. The van der Waals surface area contributed by atoms with Crippen LogP contribution < -0.4 is 5.32 Å². The Morgan fingerprint density at radius 3 is 2.96 bits per heavy atom. The lowest BCUT2D eigenvalue weighted by molar-refractivity contribution is -0.149. The number of guanidine groups is 1. The first-order valence-electron chi connectivity index (χ1n) is 8.73. The fourth-order valence-electron chi connectivity index (χ4n) is 3.01. The Labute approximate surface area is 167 Å². The number of aromatic nitrogens is 2. The molecular formula is C17H30IN5O2. The molecule has 2 unspecified atom stereocenters. The van der Waals surface area contributed by atoms with Gasteiger partial charge in [0.25, 0.3) is 0 Å². The van der Waals surface area contributed by atoms with Crippen molar-refractivity contribution in [2.75, 3.05) is 33.3 Å².